The van der Waals surface area contributed by atoms with E-state index in [1.807, 2.05) is 18.2 Å². The van der Waals surface area contributed by atoms with Crippen molar-refractivity contribution in [2.24, 2.45) is 5.73 Å². The van der Waals surface area contributed by atoms with Crippen LogP contribution >= 0.6 is 23.2 Å². The summed E-state index contributed by atoms with van der Waals surface area (Å²) in [7, 11) is 0. The summed E-state index contributed by atoms with van der Waals surface area (Å²) in [5.74, 6) is 0. The number of hydrogen-bond donors (Lipinski definition) is 1. The van der Waals surface area contributed by atoms with Gasteiger partial charge in [0, 0.05) is 6.04 Å². The van der Waals surface area contributed by atoms with Crippen molar-refractivity contribution in [3.63, 3.8) is 0 Å². The maximum absolute atomic E-state index is 6.17. The highest BCUT2D eigenvalue weighted by atomic mass is 35.5. The first-order valence-corrected chi connectivity index (χ1v) is 7.15. The second kappa shape index (κ2) is 6.95. The average molecular weight is 294 g/mol. The number of benzene rings is 2. The highest BCUT2D eigenvalue weighted by molar-refractivity contribution is 6.42. The highest BCUT2D eigenvalue weighted by Gasteiger charge is 2.09. The molecule has 0 aromatic heterocycles. The van der Waals surface area contributed by atoms with Gasteiger partial charge in [0.15, 0.2) is 0 Å². The molecule has 1 unspecified atom stereocenters. The quantitative estimate of drug-likeness (QED) is 0.863. The Morgan fingerprint density at radius 3 is 2.42 bits per heavy atom. The Hall–Kier alpha value is -1.02. The summed E-state index contributed by atoms with van der Waals surface area (Å²) in [5.41, 5.74) is 8.51. The molecule has 0 saturated carbocycles. The van der Waals surface area contributed by atoms with Crippen LogP contribution < -0.4 is 5.73 Å². The van der Waals surface area contributed by atoms with Crippen molar-refractivity contribution in [1.29, 1.82) is 0 Å². The molecule has 0 aliphatic rings. The van der Waals surface area contributed by atoms with Crippen LogP contribution in [0, 0.1) is 0 Å². The first-order chi connectivity index (χ1) is 9.16. The van der Waals surface area contributed by atoms with Gasteiger partial charge in [0.05, 0.1) is 10.0 Å². The number of aryl methyl sites for hydroxylation is 1. The van der Waals surface area contributed by atoms with Gasteiger partial charge in [-0.25, -0.2) is 0 Å². The van der Waals surface area contributed by atoms with Gasteiger partial charge in [-0.1, -0.05) is 65.7 Å². The zero-order chi connectivity index (χ0) is 13.7. The van der Waals surface area contributed by atoms with Crippen LogP contribution in [0.5, 0.6) is 0 Å². The third-order valence-corrected chi connectivity index (χ3v) is 4.02. The van der Waals surface area contributed by atoms with Crippen molar-refractivity contribution in [1.82, 2.24) is 0 Å². The third kappa shape index (κ3) is 4.24. The summed E-state index contributed by atoms with van der Waals surface area (Å²) in [6.45, 7) is 0. The number of nitrogens with two attached hydrogens (primary N) is 1. The van der Waals surface area contributed by atoms with Crippen molar-refractivity contribution in [3.05, 3.63) is 69.7 Å². The van der Waals surface area contributed by atoms with Crippen LogP contribution in [0.25, 0.3) is 0 Å². The van der Waals surface area contributed by atoms with Gasteiger partial charge in [-0.05, 0) is 36.5 Å². The molecule has 100 valence electrons. The van der Waals surface area contributed by atoms with Crippen molar-refractivity contribution in [2.45, 2.75) is 25.3 Å². The van der Waals surface area contributed by atoms with Crippen LogP contribution in [0.1, 0.15) is 17.5 Å². The van der Waals surface area contributed by atoms with Gasteiger partial charge >= 0.3 is 0 Å². The van der Waals surface area contributed by atoms with Gasteiger partial charge in [-0.15, -0.1) is 0 Å². The molecule has 2 N–H and O–H groups in total. The Labute approximate surface area is 124 Å². The SMILES string of the molecule is NC(CCc1ccccc1)Cc1cccc(Cl)c1Cl. The van der Waals surface area contributed by atoms with Gasteiger partial charge in [-0.2, -0.15) is 0 Å². The third-order valence-electron chi connectivity index (χ3n) is 3.16. The molecule has 0 spiro atoms. The van der Waals surface area contributed by atoms with Crippen LogP contribution in [0.4, 0.5) is 0 Å². The summed E-state index contributed by atoms with van der Waals surface area (Å²) < 4.78 is 0. The Balaban J connectivity index is 1.91. The van der Waals surface area contributed by atoms with E-state index in [1.165, 1.54) is 5.56 Å². The molecule has 0 aliphatic carbocycles. The molecule has 0 bridgehead atoms. The van der Waals surface area contributed by atoms with E-state index in [-0.39, 0.29) is 6.04 Å². The molecule has 2 aromatic carbocycles. The predicted octanol–water partition coefficient (Wildman–Crippen LogP) is 4.50. The van der Waals surface area contributed by atoms with Crippen LogP contribution in [-0.2, 0) is 12.8 Å². The van der Waals surface area contributed by atoms with Crippen LogP contribution in [-0.4, -0.2) is 6.04 Å². The number of halogens is 2. The molecule has 1 nitrogen and oxygen atoms in total. The van der Waals surface area contributed by atoms with Crippen molar-refractivity contribution >= 4 is 23.2 Å². The van der Waals surface area contributed by atoms with Gasteiger partial charge < -0.3 is 5.73 Å². The van der Waals surface area contributed by atoms with Gasteiger partial charge in [0.2, 0.25) is 0 Å². The first kappa shape index (κ1) is 14.4. The van der Waals surface area contributed by atoms with E-state index in [0.29, 0.717) is 10.0 Å². The summed E-state index contributed by atoms with van der Waals surface area (Å²) in [5, 5.41) is 1.22. The van der Waals surface area contributed by atoms with Crippen LogP contribution in [0.2, 0.25) is 10.0 Å². The van der Waals surface area contributed by atoms with Gasteiger partial charge in [0.25, 0.3) is 0 Å². The lowest BCUT2D eigenvalue weighted by molar-refractivity contribution is 0.610. The Morgan fingerprint density at radius 2 is 1.68 bits per heavy atom. The fourth-order valence-electron chi connectivity index (χ4n) is 2.09. The Kier molecular flexibility index (Phi) is 5.26. The van der Waals surface area contributed by atoms with Crippen molar-refractivity contribution in [3.8, 4) is 0 Å². The van der Waals surface area contributed by atoms with E-state index in [9.17, 15) is 0 Å². The van der Waals surface area contributed by atoms with Gasteiger partial charge in [0.1, 0.15) is 0 Å². The summed E-state index contributed by atoms with van der Waals surface area (Å²) >= 11 is 12.2. The molecule has 2 rings (SSSR count). The first-order valence-electron chi connectivity index (χ1n) is 6.39. The molecule has 0 heterocycles. The zero-order valence-electron chi connectivity index (χ0n) is 10.7. The topological polar surface area (TPSA) is 26.0 Å². The van der Waals surface area contributed by atoms with Crippen molar-refractivity contribution < 1.29 is 0 Å². The molecule has 2 aromatic rings. The minimum atomic E-state index is 0.0937. The van der Waals surface area contributed by atoms with E-state index in [2.05, 4.69) is 24.3 Å². The van der Waals surface area contributed by atoms with Crippen molar-refractivity contribution in [2.75, 3.05) is 0 Å². The monoisotopic (exact) mass is 293 g/mol. The smallest absolute Gasteiger partial charge is 0.0624 e. The molecule has 0 fully saturated rings. The Bertz CT molecular complexity index is 526. The molecule has 0 saturated heterocycles. The summed E-state index contributed by atoms with van der Waals surface area (Å²) in [4.78, 5) is 0. The lowest BCUT2D eigenvalue weighted by atomic mass is 10.00. The minimum Gasteiger partial charge on any atom is -0.327 e. The van der Waals surface area contributed by atoms with E-state index in [1.54, 1.807) is 6.07 Å². The van der Waals surface area contributed by atoms with Gasteiger partial charge in [-0.3, -0.25) is 0 Å². The molecule has 0 radical (unpaired) electrons. The predicted molar refractivity (Wildman–Crippen MR) is 82.9 cm³/mol. The minimum absolute atomic E-state index is 0.0937. The molecule has 0 amide bonds. The second-order valence-electron chi connectivity index (χ2n) is 4.70. The Morgan fingerprint density at radius 1 is 0.947 bits per heavy atom. The standard InChI is InChI=1S/C16H17Cl2N/c17-15-8-4-7-13(16(15)18)11-14(19)10-9-12-5-2-1-3-6-12/h1-8,14H,9-11,19H2. The lowest BCUT2D eigenvalue weighted by Gasteiger charge is -2.13. The van der Waals surface area contributed by atoms with E-state index in [0.717, 1.165) is 24.8 Å². The highest BCUT2D eigenvalue weighted by Crippen LogP contribution is 2.26. The summed E-state index contributed by atoms with van der Waals surface area (Å²) in [6, 6.07) is 16.2. The molecular formula is C16H17Cl2N. The van der Waals surface area contributed by atoms with E-state index in [4.69, 9.17) is 28.9 Å². The number of rotatable bonds is 5. The number of hydrogen-bond acceptors (Lipinski definition) is 1. The van der Waals surface area contributed by atoms with Crippen LogP contribution in [0.15, 0.2) is 48.5 Å². The maximum atomic E-state index is 6.17. The molecule has 0 aliphatic heterocycles. The largest absolute Gasteiger partial charge is 0.327 e. The maximum Gasteiger partial charge on any atom is 0.0624 e. The van der Waals surface area contributed by atoms with Crippen LogP contribution in [0.3, 0.4) is 0 Å². The zero-order valence-corrected chi connectivity index (χ0v) is 12.2. The summed E-state index contributed by atoms with van der Waals surface area (Å²) in [6.07, 6.45) is 2.68. The van der Waals surface area contributed by atoms with E-state index < -0.39 is 0 Å². The van der Waals surface area contributed by atoms with E-state index >= 15 is 0 Å². The molecular weight excluding hydrogens is 277 g/mol. The normalized spacial score (nSPS) is 12.4. The molecule has 3 heteroatoms. The fraction of sp³-hybridized carbons (Fsp3) is 0.250. The molecule has 1 atom stereocenters. The lowest BCUT2D eigenvalue weighted by Crippen LogP contribution is -2.23. The fourth-order valence-corrected chi connectivity index (χ4v) is 2.48. The average Bonchev–Trinajstić information content (AvgIpc) is 2.43. The second-order valence-corrected chi connectivity index (χ2v) is 5.49. The molecule has 19 heavy (non-hydrogen) atoms.